The van der Waals surface area contributed by atoms with Crippen molar-refractivity contribution in [3.63, 3.8) is 0 Å². The number of rotatable bonds is 2. The van der Waals surface area contributed by atoms with Crippen LogP contribution in [0.15, 0.2) is 18.2 Å². The van der Waals surface area contributed by atoms with E-state index in [0.29, 0.717) is 0 Å². The third-order valence-corrected chi connectivity index (χ3v) is 1.38. The average Bonchev–Trinajstić information content (AvgIpc) is 2.05. The number of aryl methyl sites for hydroxylation is 1. The maximum absolute atomic E-state index is 10.3. The molecule has 0 saturated carbocycles. The van der Waals surface area contributed by atoms with E-state index in [4.69, 9.17) is 0 Å². The second-order valence-corrected chi connectivity index (χ2v) is 2.16. The van der Waals surface area contributed by atoms with Crippen molar-refractivity contribution in [2.24, 2.45) is 0 Å². The van der Waals surface area contributed by atoms with Gasteiger partial charge >= 0.3 is 18.9 Å². The van der Waals surface area contributed by atoms with Crippen molar-refractivity contribution in [2.75, 3.05) is 0 Å². The van der Waals surface area contributed by atoms with E-state index in [1.165, 1.54) is 6.07 Å². The summed E-state index contributed by atoms with van der Waals surface area (Å²) in [5.74, 6) is -1.22. The van der Waals surface area contributed by atoms with Gasteiger partial charge in [-0.3, -0.25) is 4.98 Å². The maximum atomic E-state index is 10.3. The van der Waals surface area contributed by atoms with Crippen LogP contribution in [0.5, 0.6) is 0 Å². The molecule has 0 aromatic carbocycles. The molecule has 12 heavy (non-hydrogen) atoms. The first-order chi connectivity index (χ1) is 5.24. The van der Waals surface area contributed by atoms with Crippen LogP contribution < -0.4 is 24.0 Å². The third kappa shape index (κ3) is 2.69. The van der Waals surface area contributed by atoms with E-state index >= 15 is 0 Å². The van der Waals surface area contributed by atoms with Gasteiger partial charge in [-0.1, -0.05) is 13.0 Å². The van der Waals surface area contributed by atoms with Crippen LogP contribution >= 0.6 is 0 Å². The molecule has 0 aliphatic rings. The van der Waals surface area contributed by atoms with Crippen LogP contribution in [-0.4, -0.2) is 11.0 Å². The molecule has 0 radical (unpaired) electrons. The quantitative estimate of drug-likeness (QED) is 0.430. The van der Waals surface area contributed by atoms with Crippen LogP contribution in [0.1, 0.15) is 23.1 Å². The monoisotopic (exact) mass is 157 g/mol. The Morgan fingerprint density at radius 2 is 2.25 bits per heavy atom. The van der Waals surface area contributed by atoms with E-state index in [-0.39, 0.29) is 24.6 Å². The Labute approximate surface area is 83.0 Å². The summed E-state index contributed by atoms with van der Waals surface area (Å²) in [6.45, 7) is 1.92. The van der Waals surface area contributed by atoms with Crippen molar-refractivity contribution in [1.82, 2.24) is 4.98 Å². The summed E-state index contributed by atoms with van der Waals surface area (Å²) >= 11 is 0. The first kappa shape index (κ1) is 11.2. The predicted octanol–water partition coefficient (Wildman–Crippen LogP) is -2.99. The van der Waals surface area contributed by atoms with Gasteiger partial charge in [-0.05, 0) is 18.6 Å². The molecule has 0 fully saturated rings. The molecule has 4 heteroatoms. The summed E-state index contributed by atoms with van der Waals surface area (Å²) in [6, 6.07) is 4.87. The first-order valence-corrected chi connectivity index (χ1v) is 3.41. The number of aromatic carboxylic acids is 1. The molecule has 1 aromatic rings. The van der Waals surface area contributed by atoms with Crippen LogP contribution in [0.2, 0.25) is 0 Å². The number of carboxylic acids is 1. The van der Waals surface area contributed by atoms with Crippen LogP contribution in [0.3, 0.4) is 0 Å². The van der Waals surface area contributed by atoms with Gasteiger partial charge in [0, 0.05) is 5.69 Å². The maximum Gasteiger partial charge on any atom is 1.00 e. The summed E-state index contributed by atoms with van der Waals surface area (Å²) in [5, 5.41) is 10.3. The van der Waals surface area contributed by atoms with E-state index in [9.17, 15) is 9.90 Å². The number of nitrogens with zero attached hydrogens (tertiary/aromatic N) is 1. The van der Waals surface area contributed by atoms with Crippen LogP contribution in [0, 0.1) is 0 Å². The fourth-order valence-electron chi connectivity index (χ4n) is 0.790. The van der Waals surface area contributed by atoms with Crippen molar-refractivity contribution >= 4 is 5.97 Å². The van der Waals surface area contributed by atoms with Gasteiger partial charge < -0.3 is 9.90 Å². The molecule has 0 aliphatic heterocycles. The molecule has 0 spiro atoms. The molecule has 1 heterocycles. The Balaban J connectivity index is 0.00000121. The molecule has 3 nitrogen and oxygen atoms in total. The Bertz CT molecular complexity index is 276. The summed E-state index contributed by atoms with van der Waals surface area (Å²) in [5.41, 5.74) is 0.774. The fraction of sp³-hybridized carbons (Fsp3) is 0.250. The molecule has 0 unspecified atom stereocenters. The molecule has 0 atom stereocenters. The van der Waals surface area contributed by atoms with Gasteiger partial charge in [-0.15, -0.1) is 0 Å². The van der Waals surface area contributed by atoms with Crippen LogP contribution in [0.4, 0.5) is 0 Å². The first-order valence-electron chi connectivity index (χ1n) is 3.41. The number of hydrogen-bond donors (Lipinski definition) is 0. The molecule has 1 rings (SSSR count). The number of carbonyl (C=O) groups is 1. The molecular weight excluding hydrogens is 149 g/mol. The second-order valence-electron chi connectivity index (χ2n) is 2.16. The van der Waals surface area contributed by atoms with Crippen LogP contribution in [-0.2, 0) is 6.42 Å². The van der Waals surface area contributed by atoms with Gasteiger partial charge in [0.25, 0.3) is 0 Å². The van der Waals surface area contributed by atoms with E-state index in [1.54, 1.807) is 12.1 Å². The topological polar surface area (TPSA) is 53.0 Å². The minimum Gasteiger partial charge on any atom is -0.543 e. The van der Waals surface area contributed by atoms with Crippen molar-refractivity contribution in [2.45, 2.75) is 13.3 Å². The van der Waals surface area contributed by atoms with Gasteiger partial charge in [0.2, 0.25) is 0 Å². The predicted molar refractivity (Wildman–Crippen MR) is 37.9 cm³/mol. The molecule has 0 aliphatic carbocycles. The Hall–Kier alpha value is -0.783. The Morgan fingerprint density at radius 3 is 2.75 bits per heavy atom. The van der Waals surface area contributed by atoms with Gasteiger partial charge in [0.05, 0.1) is 11.7 Å². The van der Waals surface area contributed by atoms with E-state index in [0.717, 1.165) is 12.1 Å². The van der Waals surface area contributed by atoms with Gasteiger partial charge in [-0.25, -0.2) is 0 Å². The van der Waals surface area contributed by atoms with Gasteiger partial charge in [0.1, 0.15) is 0 Å². The molecule has 0 bridgehead atoms. The average molecular weight is 157 g/mol. The molecule has 1 aromatic heterocycles. The fourth-order valence-corrected chi connectivity index (χ4v) is 0.790. The number of pyridine rings is 1. The molecule has 0 amide bonds. The second kappa shape index (κ2) is 4.97. The summed E-state index contributed by atoms with van der Waals surface area (Å²) < 4.78 is 0. The normalized spacial score (nSPS) is 8.75. The smallest absolute Gasteiger partial charge is 0.543 e. The minimum absolute atomic E-state index is 0. The SMILES string of the molecule is CCc1cccc(C(=O)[O-])n1.[Li+]. The van der Waals surface area contributed by atoms with Crippen molar-refractivity contribution in [3.05, 3.63) is 29.6 Å². The molecule has 0 saturated heterocycles. The minimum atomic E-state index is -1.22. The zero-order chi connectivity index (χ0) is 8.27. The van der Waals surface area contributed by atoms with Crippen molar-refractivity contribution in [1.29, 1.82) is 0 Å². The van der Waals surface area contributed by atoms with Crippen molar-refractivity contribution in [3.8, 4) is 0 Å². The largest absolute Gasteiger partial charge is 1.00 e. The molecule has 0 N–H and O–H groups in total. The standard InChI is InChI=1S/C8H9NO2.Li/c1-2-6-4-3-5-7(9-6)8(10)11;/h3-5H,2H2,1H3,(H,10,11);/q;+1/p-1. The number of carbonyl (C=O) groups excluding carboxylic acids is 1. The molecule has 58 valence electrons. The summed E-state index contributed by atoms with van der Waals surface area (Å²) in [6.07, 6.45) is 0.737. The van der Waals surface area contributed by atoms with E-state index in [2.05, 4.69) is 4.98 Å². The number of hydrogen-bond acceptors (Lipinski definition) is 3. The van der Waals surface area contributed by atoms with Gasteiger partial charge in [0.15, 0.2) is 0 Å². The Kier molecular flexibility index (Phi) is 4.64. The van der Waals surface area contributed by atoms with Crippen LogP contribution in [0.25, 0.3) is 0 Å². The zero-order valence-corrected chi connectivity index (χ0v) is 7.20. The third-order valence-electron chi connectivity index (χ3n) is 1.38. The molecular formula is C8H8LiNO2. The number of carboxylic acid groups (broad SMARTS) is 1. The summed E-state index contributed by atoms with van der Waals surface area (Å²) in [7, 11) is 0. The Morgan fingerprint density at radius 1 is 1.58 bits per heavy atom. The van der Waals surface area contributed by atoms with E-state index in [1.807, 2.05) is 6.92 Å². The number of aromatic nitrogens is 1. The van der Waals surface area contributed by atoms with Crippen molar-refractivity contribution < 1.29 is 28.8 Å². The summed E-state index contributed by atoms with van der Waals surface area (Å²) in [4.78, 5) is 14.1. The van der Waals surface area contributed by atoms with E-state index < -0.39 is 5.97 Å². The van der Waals surface area contributed by atoms with Gasteiger partial charge in [-0.2, -0.15) is 0 Å². The zero-order valence-electron chi connectivity index (χ0n) is 7.20.